The molecule has 0 bridgehead atoms. The summed E-state index contributed by atoms with van der Waals surface area (Å²) in [5, 5.41) is 6.53. The Morgan fingerprint density at radius 1 is 1.06 bits per heavy atom. The highest BCUT2D eigenvalue weighted by molar-refractivity contribution is 5.97. The number of amides is 3. The largest absolute Gasteiger partial charge is 0.371 e. The molecule has 4 aliphatic rings. The molecule has 3 heterocycles. The number of rotatable bonds is 10. The number of likely N-dealkylation sites (tertiary alicyclic amines) is 2. The molecule has 10 heteroatoms. The summed E-state index contributed by atoms with van der Waals surface area (Å²) in [6, 6.07) is 13.5. The number of pyridine rings is 1. The molecule has 9 nitrogen and oxygen atoms in total. The van der Waals surface area contributed by atoms with Gasteiger partial charge in [0, 0.05) is 30.7 Å². The molecule has 2 N–H and O–H groups in total. The topological polar surface area (TPSA) is 97.9 Å². The molecule has 3 amide bonds. The van der Waals surface area contributed by atoms with Crippen LogP contribution in [0.15, 0.2) is 54.6 Å². The van der Waals surface area contributed by atoms with Gasteiger partial charge >= 0.3 is 0 Å². The second kappa shape index (κ2) is 13.5. The lowest BCUT2D eigenvalue weighted by atomic mass is 9.97. The summed E-state index contributed by atoms with van der Waals surface area (Å²) < 4.78 is 13.6. The van der Waals surface area contributed by atoms with Crippen molar-refractivity contribution in [3.63, 3.8) is 0 Å². The third kappa shape index (κ3) is 7.49. The molecule has 2 saturated carbocycles. The van der Waals surface area contributed by atoms with Gasteiger partial charge < -0.3 is 25.3 Å². The average Bonchev–Trinajstić information content (AvgIpc) is 4.03. The standard InChI is InChI=1S/C39H47FN6O3/c1-25(32-11-10-31(21-27(32)7-6-26-4-5-26)45(3)30-14-18-44(2)19-15-30)42-38(49)35-22-39(16-17-39)24-46(35)36(47)23-41-37(48)34-12-8-28-20-29(40)9-13-33(28)43-34/h6-13,20-21,25-26,30,35H,4-5,14-19,22-24H2,1-3H3,(H,41,48)(H,42,49)/b7-6+/t25-,35-/m0/s1. The number of anilines is 1. The Bertz CT molecular complexity index is 1780. The second-order valence-electron chi connectivity index (χ2n) is 14.8. The fraction of sp³-hybridized carbons (Fsp3) is 0.487. The lowest BCUT2D eigenvalue weighted by molar-refractivity contribution is -0.138. The van der Waals surface area contributed by atoms with Gasteiger partial charge in [-0.15, -0.1) is 0 Å². The number of halogens is 1. The van der Waals surface area contributed by atoms with Crippen LogP contribution < -0.4 is 15.5 Å². The van der Waals surface area contributed by atoms with Gasteiger partial charge in [0.15, 0.2) is 0 Å². The van der Waals surface area contributed by atoms with Gasteiger partial charge in [-0.2, -0.15) is 0 Å². The number of allylic oxidation sites excluding steroid dienone is 1. The molecular weight excluding hydrogens is 619 g/mol. The number of aromatic nitrogens is 1. The fourth-order valence-corrected chi connectivity index (χ4v) is 7.49. The van der Waals surface area contributed by atoms with Crippen LogP contribution in [0.5, 0.6) is 0 Å². The zero-order chi connectivity index (χ0) is 34.3. The van der Waals surface area contributed by atoms with E-state index in [1.165, 1.54) is 42.8 Å². The van der Waals surface area contributed by atoms with Crippen molar-refractivity contribution in [1.29, 1.82) is 0 Å². The minimum absolute atomic E-state index is 0.0155. The molecule has 3 aromatic rings. The second-order valence-corrected chi connectivity index (χ2v) is 14.8. The molecule has 2 aliphatic heterocycles. The van der Waals surface area contributed by atoms with E-state index >= 15 is 0 Å². The number of carbonyl (C=O) groups is 3. The first-order chi connectivity index (χ1) is 23.6. The van der Waals surface area contributed by atoms with Crippen LogP contribution in [0.3, 0.4) is 0 Å². The minimum atomic E-state index is -0.594. The van der Waals surface area contributed by atoms with Crippen molar-refractivity contribution >= 4 is 40.4 Å². The molecule has 2 saturated heterocycles. The van der Waals surface area contributed by atoms with Gasteiger partial charge in [0.1, 0.15) is 17.6 Å². The van der Waals surface area contributed by atoms with Crippen molar-refractivity contribution in [2.24, 2.45) is 11.3 Å². The number of benzene rings is 2. The Balaban J connectivity index is 1.02. The summed E-state index contributed by atoms with van der Waals surface area (Å²) in [5.41, 5.74) is 3.98. The van der Waals surface area contributed by atoms with E-state index in [2.05, 4.69) is 69.9 Å². The van der Waals surface area contributed by atoms with E-state index in [-0.39, 0.29) is 41.3 Å². The van der Waals surface area contributed by atoms with Gasteiger partial charge in [-0.25, -0.2) is 9.37 Å². The maximum absolute atomic E-state index is 13.9. The monoisotopic (exact) mass is 666 g/mol. The molecule has 1 aromatic heterocycles. The highest BCUT2D eigenvalue weighted by Crippen LogP contribution is 2.54. The van der Waals surface area contributed by atoms with E-state index in [9.17, 15) is 18.8 Å². The zero-order valence-electron chi connectivity index (χ0n) is 28.8. The van der Waals surface area contributed by atoms with E-state index in [0.717, 1.165) is 49.9 Å². The van der Waals surface area contributed by atoms with Gasteiger partial charge in [-0.1, -0.05) is 24.3 Å². The fourth-order valence-electron chi connectivity index (χ4n) is 7.49. The van der Waals surface area contributed by atoms with Gasteiger partial charge in [-0.3, -0.25) is 14.4 Å². The quantitative estimate of drug-likeness (QED) is 0.304. The van der Waals surface area contributed by atoms with Crippen LogP contribution in [0.25, 0.3) is 17.0 Å². The molecule has 7 rings (SSSR count). The number of nitrogens with one attached hydrogen (secondary N) is 2. The SMILES string of the molecule is C[C@H](NC(=O)[C@@H]1CC2(CC2)CN1C(=O)CNC(=O)c1ccc2cc(F)ccc2n1)c1ccc(N(C)C2CCN(C)CC2)cc1/C=C/C1CC1. The Hall–Kier alpha value is -4.31. The van der Waals surface area contributed by atoms with E-state index in [4.69, 9.17) is 0 Å². The Morgan fingerprint density at radius 3 is 2.57 bits per heavy atom. The van der Waals surface area contributed by atoms with E-state index < -0.39 is 11.9 Å². The van der Waals surface area contributed by atoms with Gasteiger partial charge in [0.05, 0.1) is 18.1 Å². The Labute approximate surface area is 287 Å². The highest BCUT2D eigenvalue weighted by Gasteiger charge is 2.55. The molecule has 4 fully saturated rings. The Morgan fingerprint density at radius 2 is 1.84 bits per heavy atom. The predicted molar refractivity (Wildman–Crippen MR) is 189 cm³/mol. The minimum Gasteiger partial charge on any atom is -0.371 e. The van der Waals surface area contributed by atoms with Gasteiger partial charge in [0.2, 0.25) is 11.8 Å². The van der Waals surface area contributed by atoms with E-state index in [0.29, 0.717) is 35.8 Å². The van der Waals surface area contributed by atoms with Gasteiger partial charge in [-0.05, 0) is 131 Å². The first-order valence-electron chi connectivity index (χ1n) is 17.8. The third-order valence-corrected chi connectivity index (χ3v) is 11.1. The normalized spacial score (nSPS) is 21.3. The van der Waals surface area contributed by atoms with Gasteiger partial charge in [0.25, 0.3) is 5.91 Å². The molecule has 0 unspecified atom stereocenters. The average molecular weight is 667 g/mol. The van der Waals surface area contributed by atoms with Crippen LogP contribution in [0.4, 0.5) is 10.1 Å². The van der Waals surface area contributed by atoms with Crippen LogP contribution in [0.1, 0.15) is 79.5 Å². The molecule has 0 radical (unpaired) electrons. The third-order valence-electron chi connectivity index (χ3n) is 11.1. The highest BCUT2D eigenvalue weighted by atomic mass is 19.1. The zero-order valence-corrected chi connectivity index (χ0v) is 28.8. The van der Waals surface area contributed by atoms with Crippen LogP contribution in [0, 0.1) is 17.2 Å². The van der Waals surface area contributed by atoms with E-state index in [1.807, 2.05) is 6.92 Å². The first kappa shape index (κ1) is 33.2. The molecule has 258 valence electrons. The number of hydrogen-bond donors (Lipinski definition) is 2. The van der Waals surface area contributed by atoms with Crippen molar-refractivity contribution < 1.29 is 18.8 Å². The number of hydrogen-bond acceptors (Lipinski definition) is 6. The van der Waals surface area contributed by atoms with Crippen molar-refractivity contribution in [2.75, 3.05) is 45.2 Å². The molecule has 1 spiro atoms. The molecule has 2 aromatic carbocycles. The van der Waals surface area contributed by atoms with Crippen molar-refractivity contribution in [1.82, 2.24) is 25.4 Å². The maximum atomic E-state index is 13.9. The van der Waals surface area contributed by atoms with Crippen molar-refractivity contribution in [3.05, 3.63) is 77.2 Å². The number of fused-ring (bicyclic) bond motifs is 1. The van der Waals surface area contributed by atoms with E-state index in [1.54, 1.807) is 11.0 Å². The molecule has 49 heavy (non-hydrogen) atoms. The summed E-state index contributed by atoms with van der Waals surface area (Å²) in [7, 11) is 4.37. The number of nitrogens with zero attached hydrogens (tertiary/aromatic N) is 4. The predicted octanol–water partition coefficient (Wildman–Crippen LogP) is 5.32. The smallest absolute Gasteiger partial charge is 0.270 e. The van der Waals surface area contributed by atoms with Crippen LogP contribution in [-0.4, -0.2) is 84.9 Å². The molecule has 2 aliphatic carbocycles. The summed E-state index contributed by atoms with van der Waals surface area (Å²) in [6.07, 6.45) is 11.8. The summed E-state index contributed by atoms with van der Waals surface area (Å²) in [5.74, 6) is -0.695. The van der Waals surface area contributed by atoms with Crippen LogP contribution in [0.2, 0.25) is 0 Å². The lowest BCUT2D eigenvalue weighted by Gasteiger charge is -2.36. The lowest BCUT2D eigenvalue weighted by Crippen LogP contribution is -2.49. The van der Waals surface area contributed by atoms with Crippen LogP contribution in [-0.2, 0) is 9.59 Å². The number of piperidine rings is 1. The summed E-state index contributed by atoms with van der Waals surface area (Å²) in [6.45, 7) is 4.50. The summed E-state index contributed by atoms with van der Waals surface area (Å²) >= 11 is 0. The maximum Gasteiger partial charge on any atom is 0.270 e. The first-order valence-corrected chi connectivity index (χ1v) is 17.8. The molecule has 2 atom stereocenters. The summed E-state index contributed by atoms with van der Waals surface area (Å²) in [4.78, 5) is 51.1. The number of carbonyl (C=O) groups excluding carboxylic acids is 3. The van der Waals surface area contributed by atoms with Crippen molar-refractivity contribution in [3.8, 4) is 0 Å². The molecular formula is C39H47FN6O3. The Kier molecular flexibility index (Phi) is 9.17. The van der Waals surface area contributed by atoms with Crippen LogP contribution >= 0.6 is 0 Å². The van der Waals surface area contributed by atoms with Crippen molar-refractivity contribution in [2.45, 2.75) is 70.0 Å².